The molecule has 3 aromatic rings. The molecule has 0 unspecified atom stereocenters. The second-order valence-corrected chi connectivity index (χ2v) is 9.66. The summed E-state index contributed by atoms with van der Waals surface area (Å²) in [6.45, 7) is 3.62. The van der Waals surface area contributed by atoms with Crippen LogP contribution in [0.4, 0.5) is 5.69 Å². The molecule has 3 aromatic carbocycles. The van der Waals surface area contributed by atoms with Crippen LogP contribution in [-0.2, 0) is 14.8 Å². The van der Waals surface area contributed by atoms with Gasteiger partial charge < -0.3 is 5.32 Å². The summed E-state index contributed by atoms with van der Waals surface area (Å²) in [5.74, 6) is -0.614. The predicted molar refractivity (Wildman–Crippen MR) is 120 cm³/mol. The molecule has 0 radical (unpaired) electrons. The molecule has 3 rings (SSSR count). The number of carbonyl (C=O) groups excluding carboxylic acids is 1. The Labute approximate surface area is 176 Å². The van der Waals surface area contributed by atoms with E-state index in [-0.39, 0.29) is 16.7 Å². The van der Waals surface area contributed by atoms with Crippen molar-refractivity contribution < 1.29 is 13.2 Å². The lowest BCUT2D eigenvalue weighted by molar-refractivity contribution is -0.118. The summed E-state index contributed by atoms with van der Waals surface area (Å²) in [5.41, 5.74) is 0.628. The normalized spacial score (nSPS) is 12.8. The molecule has 0 bridgehead atoms. The van der Waals surface area contributed by atoms with Gasteiger partial charge in [0, 0.05) is 10.6 Å². The summed E-state index contributed by atoms with van der Waals surface area (Å²) >= 11 is 1.61. The van der Waals surface area contributed by atoms with E-state index < -0.39 is 16.1 Å². The summed E-state index contributed by atoms with van der Waals surface area (Å²) in [6.07, 6.45) is 1.98. The Morgan fingerprint density at radius 2 is 1.59 bits per heavy atom. The van der Waals surface area contributed by atoms with Crippen LogP contribution in [0.15, 0.2) is 76.5 Å². The van der Waals surface area contributed by atoms with Gasteiger partial charge in [-0.1, -0.05) is 44.2 Å². The number of fused-ring (bicyclic) bond motifs is 1. The Hall–Kier alpha value is -2.35. The number of carbonyl (C=O) groups is 1. The monoisotopic (exact) mass is 428 g/mol. The Kier molecular flexibility index (Phi) is 6.62. The quantitative estimate of drug-likeness (QED) is 0.543. The fraction of sp³-hybridized carbons (Fsp3) is 0.227. The van der Waals surface area contributed by atoms with Crippen LogP contribution >= 0.6 is 11.8 Å². The first-order chi connectivity index (χ1) is 13.8. The number of hydrogen-bond donors (Lipinski definition) is 2. The van der Waals surface area contributed by atoms with Gasteiger partial charge >= 0.3 is 0 Å². The average molecular weight is 429 g/mol. The van der Waals surface area contributed by atoms with E-state index in [1.54, 1.807) is 42.1 Å². The van der Waals surface area contributed by atoms with Crippen LogP contribution in [0, 0.1) is 5.92 Å². The van der Waals surface area contributed by atoms with Crippen LogP contribution in [0.25, 0.3) is 10.8 Å². The van der Waals surface area contributed by atoms with E-state index in [0.717, 1.165) is 15.7 Å². The van der Waals surface area contributed by atoms with Gasteiger partial charge in [-0.15, -0.1) is 11.8 Å². The second-order valence-electron chi connectivity index (χ2n) is 7.07. The molecular formula is C22H24N2O3S2. The molecule has 0 aliphatic heterocycles. The van der Waals surface area contributed by atoms with Gasteiger partial charge in [-0.3, -0.25) is 4.79 Å². The van der Waals surface area contributed by atoms with Crippen molar-refractivity contribution in [1.29, 1.82) is 0 Å². The number of rotatable bonds is 7. The Balaban J connectivity index is 1.81. The second kappa shape index (κ2) is 8.98. The van der Waals surface area contributed by atoms with E-state index in [9.17, 15) is 13.2 Å². The maximum absolute atomic E-state index is 12.9. The van der Waals surface area contributed by atoms with Crippen molar-refractivity contribution >= 4 is 44.2 Å². The van der Waals surface area contributed by atoms with Gasteiger partial charge in [-0.25, -0.2) is 8.42 Å². The van der Waals surface area contributed by atoms with Crippen molar-refractivity contribution in [3.05, 3.63) is 66.7 Å². The number of nitrogens with one attached hydrogen (secondary N) is 2. The zero-order valence-corrected chi connectivity index (χ0v) is 18.2. The molecule has 7 heteroatoms. The molecule has 0 fully saturated rings. The van der Waals surface area contributed by atoms with Gasteiger partial charge in [0.2, 0.25) is 15.9 Å². The van der Waals surface area contributed by atoms with E-state index >= 15 is 0 Å². The average Bonchev–Trinajstić information content (AvgIpc) is 2.72. The zero-order chi connectivity index (χ0) is 21.0. The third-order valence-corrected chi connectivity index (χ3v) is 6.80. The van der Waals surface area contributed by atoms with Crippen LogP contribution in [0.5, 0.6) is 0 Å². The van der Waals surface area contributed by atoms with Gasteiger partial charge in [0.25, 0.3) is 0 Å². The number of hydrogen-bond acceptors (Lipinski definition) is 4. The molecule has 29 heavy (non-hydrogen) atoms. The van der Waals surface area contributed by atoms with Crippen molar-refractivity contribution in [1.82, 2.24) is 4.72 Å². The van der Waals surface area contributed by atoms with E-state index in [0.29, 0.717) is 5.69 Å². The molecule has 1 atom stereocenters. The Morgan fingerprint density at radius 3 is 2.21 bits per heavy atom. The van der Waals surface area contributed by atoms with Gasteiger partial charge in [0.05, 0.1) is 4.90 Å². The topological polar surface area (TPSA) is 75.3 Å². The van der Waals surface area contributed by atoms with Gasteiger partial charge in [0.1, 0.15) is 6.04 Å². The largest absolute Gasteiger partial charge is 0.325 e. The van der Waals surface area contributed by atoms with Crippen molar-refractivity contribution in [2.24, 2.45) is 5.92 Å². The SMILES string of the molecule is CSc1ccc(NC(=O)[C@H](NS(=O)(=O)c2ccc3ccccc3c2)C(C)C)cc1. The minimum absolute atomic E-state index is 0.138. The molecule has 2 N–H and O–H groups in total. The van der Waals surface area contributed by atoms with Gasteiger partial charge in [-0.2, -0.15) is 4.72 Å². The lowest BCUT2D eigenvalue weighted by atomic mass is 10.0. The summed E-state index contributed by atoms with van der Waals surface area (Å²) in [7, 11) is -3.86. The summed E-state index contributed by atoms with van der Waals surface area (Å²) in [4.78, 5) is 14.0. The molecule has 5 nitrogen and oxygen atoms in total. The van der Waals surface area contributed by atoms with Crippen LogP contribution in [0.1, 0.15) is 13.8 Å². The molecule has 0 aliphatic carbocycles. The summed E-state index contributed by atoms with van der Waals surface area (Å²) in [5, 5.41) is 4.59. The standard InChI is InChI=1S/C22H24N2O3S2/c1-15(2)21(22(25)23-18-9-11-19(28-3)12-10-18)24-29(26,27)20-13-8-16-6-4-5-7-17(16)14-20/h4-15,21,24H,1-3H3,(H,23,25)/t21-/m1/s1. The van der Waals surface area contributed by atoms with Crippen molar-refractivity contribution in [2.75, 3.05) is 11.6 Å². The molecule has 0 aliphatic rings. The number of anilines is 1. The summed E-state index contributed by atoms with van der Waals surface area (Å²) < 4.78 is 28.4. The maximum atomic E-state index is 12.9. The first-order valence-electron chi connectivity index (χ1n) is 9.26. The minimum atomic E-state index is -3.86. The first kappa shape index (κ1) is 21.4. The molecule has 0 spiro atoms. The van der Waals surface area contributed by atoms with E-state index in [1.165, 1.54) is 0 Å². The van der Waals surface area contributed by atoms with Crippen LogP contribution < -0.4 is 10.0 Å². The lowest BCUT2D eigenvalue weighted by Crippen LogP contribution is -2.47. The molecule has 152 valence electrons. The first-order valence-corrected chi connectivity index (χ1v) is 12.0. The van der Waals surface area contributed by atoms with Crippen molar-refractivity contribution in [2.45, 2.75) is 29.7 Å². The molecule has 0 heterocycles. The van der Waals surface area contributed by atoms with E-state index in [2.05, 4.69) is 10.0 Å². The van der Waals surface area contributed by atoms with Crippen molar-refractivity contribution in [3.63, 3.8) is 0 Å². The van der Waals surface area contributed by atoms with Crippen LogP contribution in [0.2, 0.25) is 0 Å². The third-order valence-electron chi connectivity index (χ3n) is 4.62. The van der Waals surface area contributed by atoms with E-state index in [4.69, 9.17) is 0 Å². The Morgan fingerprint density at radius 1 is 0.931 bits per heavy atom. The summed E-state index contributed by atoms with van der Waals surface area (Å²) in [6, 6.07) is 19.0. The number of benzene rings is 3. The highest BCUT2D eigenvalue weighted by molar-refractivity contribution is 7.98. The maximum Gasteiger partial charge on any atom is 0.242 e. The minimum Gasteiger partial charge on any atom is -0.325 e. The highest BCUT2D eigenvalue weighted by Gasteiger charge is 2.28. The van der Waals surface area contributed by atoms with E-state index in [1.807, 2.05) is 56.5 Å². The highest BCUT2D eigenvalue weighted by Crippen LogP contribution is 2.21. The van der Waals surface area contributed by atoms with Gasteiger partial charge in [-0.05, 0) is 59.3 Å². The predicted octanol–water partition coefficient (Wildman–Crippen LogP) is 4.50. The molecule has 1 amide bonds. The highest BCUT2D eigenvalue weighted by atomic mass is 32.2. The Bertz CT molecular complexity index is 1110. The number of sulfonamides is 1. The fourth-order valence-electron chi connectivity index (χ4n) is 2.96. The molecular weight excluding hydrogens is 404 g/mol. The number of amides is 1. The fourth-order valence-corrected chi connectivity index (χ4v) is 4.74. The van der Waals surface area contributed by atoms with Crippen LogP contribution in [0.3, 0.4) is 0 Å². The molecule has 0 saturated heterocycles. The smallest absolute Gasteiger partial charge is 0.242 e. The zero-order valence-electron chi connectivity index (χ0n) is 16.5. The lowest BCUT2D eigenvalue weighted by Gasteiger charge is -2.22. The van der Waals surface area contributed by atoms with Crippen LogP contribution in [-0.4, -0.2) is 26.6 Å². The molecule has 0 aromatic heterocycles. The number of thioether (sulfide) groups is 1. The molecule has 0 saturated carbocycles. The third kappa shape index (κ3) is 5.18. The van der Waals surface area contributed by atoms with Crippen molar-refractivity contribution in [3.8, 4) is 0 Å². The van der Waals surface area contributed by atoms with Gasteiger partial charge in [0.15, 0.2) is 0 Å².